The molecule has 0 radical (unpaired) electrons. The summed E-state index contributed by atoms with van der Waals surface area (Å²) >= 11 is 0. The van der Waals surface area contributed by atoms with Crippen molar-refractivity contribution >= 4 is 35.8 Å². The van der Waals surface area contributed by atoms with E-state index in [9.17, 15) is 4.79 Å². The molecule has 1 fully saturated rings. The first-order chi connectivity index (χ1) is 14.0. The summed E-state index contributed by atoms with van der Waals surface area (Å²) in [5.74, 6) is 3.34. The molecule has 7 nitrogen and oxygen atoms in total. The number of amides is 1. The molecule has 2 N–H and O–H groups in total. The van der Waals surface area contributed by atoms with Crippen molar-refractivity contribution in [2.24, 2.45) is 10.9 Å². The fourth-order valence-corrected chi connectivity index (χ4v) is 4.13. The van der Waals surface area contributed by atoms with Gasteiger partial charge >= 0.3 is 0 Å². The van der Waals surface area contributed by atoms with Crippen LogP contribution in [-0.4, -0.2) is 56.7 Å². The van der Waals surface area contributed by atoms with Crippen LogP contribution in [0.2, 0.25) is 0 Å². The van der Waals surface area contributed by atoms with Gasteiger partial charge in [0.05, 0.1) is 6.61 Å². The van der Waals surface area contributed by atoms with Gasteiger partial charge in [-0.05, 0) is 44.7 Å². The van der Waals surface area contributed by atoms with E-state index >= 15 is 0 Å². The van der Waals surface area contributed by atoms with E-state index in [4.69, 9.17) is 9.47 Å². The van der Waals surface area contributed by atoms with Gasteiger partial charge in [0.15, 0.2) is 5.96 Å². The Labute approximate surface area is 197 Å². The van der Waals surface area contributed by atoms with Crippen LogP contribution in [-0.2, 0) is 17.8 Å². The van der Waals surface area contributed by atoms with Gasteiger partial charge in [-0.2, -0.15) is 0 Å². The maximum Gasteiger partial charge on any atom is 0.220 e. The largest absolute Gasteiger partial charge is 0.494 e. The molecule has 2 aliphatic rings. The number of guanidine groups is 1. The lowest BCUT2D eigenvalue weighted by atomic mass is 9.93. The molecule has 1 aromatic carbocycles. The van der Waals surface area contributed by atoms with Crippen LogP contribution < -0.4 is 20.1 Å². The van der Waals surface area contributed by atoms with Gasteiger partial charge in [0.2, 0.25) is 5.91 Å². The van der Waals surface area contributed by atoms with Crippen molar-refractivity contribution in [2.75, 3.05) is 33.8 Å². The second-order valence-corrected chi connectivity index (χ2v) is 7.84. The Hall–Kier alpha value is -1.71. The van der Waals surface area contributed by atoms with Crippen LogP contribution in [0.1, 0.15) is 44.2 Å². The van der Waals surface area contributed by atoms with Gasteiger partial charge in [0, 0.05) is 57.7 Å². The van der Waals surface area contributed by atoms with E-state index < -0.39 is 0 Å². The fraction of sp³-hybridized carbons (Fsp3) is 0.636. The van der Waals surface area contributed by atoms with E-state index in [0.29, 0.717) is 25.5 Å². The number of halogens is 1. The number of benzene rings is 1. The summed E-state index contributed by atoms with van der Waals surface area (Å²) in [5.41, 5.74) is 2.29. The minimum Gasteiger partial charge on any atom is -0.494 e. The molecule has 0 spiro atoms. The van der Waals surface area contributed by atoms with E-state index in [2.05, 4.69) is 39.6 Å². The molecule has 2 aliphatic heterocycles. The summed E-state index contributed by atoms with van der Waals surface area (Å²) in [6.07, 6.45) is 3.76. The first-order valence-electron chi connectivity index (χ1n) is 10.6. The lowest BCUT2D eigenvalue weighted by Crippen LogP contribution is -2.45. The maximum absolute atomic E-state index is 11.6. The summed E-state index contributed by atoms with van der Waals surface area (Å²) in [6.45, 7) is 7.18. The highest BCUT2D eigenvalue weighted by Gasteiger charge is 2.24. The van der Waals surface area contributed by atoms with Gasteiger partial charge in [0.1, 0.15) is 17.6 Å². The van der Waals surface area contributed by atoms with Crippen molar-refractivity contribution in [1.82, 2.24) is 15.5 Å². The van der Waals surface area contributed by atoms with Gasteiger partial charge in [-0.25, -0.2) is 0 Å². The van der Waals surface area contributed by atoms with Crippen molar-refractivity contribution < 1.29 is 14.3 Å². The third kappa shape index (κ3) is 6.15. The van der Waals surface area contributed by atoms with Gasteiger partial charge < -0.3 is 25.0 Å². The Bertz CT molecular complexity index is 748. The molecule has 3 rings (SSSR count). The third-order valence-electron chi connectivity index (χ3n) is 5.69. The number of rotatable bonds is 6. The minimum absolute atomic E-state index is 0. The topological polar surface area (TPSA) is 75.2 Å². The highest BCUT2D eigenvalue weighted by molar-refractivity contribution is 14.0. The van der Waals surface area contributed by atoms with Gasteiger partial charge in [-0.1, -0.05) is 0 Å². The number of hydrogen-bond donors (Lipinski definition) is 2. The fourth-order valence-electron chi connectivity index (χ4n) is 4.13. The van der Waals surface area contributed by atoms with Crippen LogP contribution in [0.3, 0.4) is 0 Å². The van der Waals surface area contributed by atoms with E-state index in [0.717, 1.165) is 55.4 Å². The number of carbonyl (C=O) groups is 1. The summed E-state index contributed by atoms with van der Waals surface area (Å²) in [4.78, 5) is 18.4. The molecule has 168 valence electrons. The molecular weight excluding hydrogens is 495 g/mol. The predicted molar refractivity (Wildman–Crippen MR) is 130 cm³/mol. The molecule has 8 heteroatoms. The number of carbonyl (C=O) groups excluding carboxylic acids is 1. The number of nitrogens with one attached hydrogen (secondary N) is 2. The standard InChI is InChI=1S/C22H34N4O3.HI/c1-5-28-19-12-17-10-15(2)29-20(17)13-18(19)14-25-22(24-4)26-8-6-16(7-9-26)11-21(27)23-3;/h12-13,15-16H,5-11,14H2,1-4H3,(H,23,27)(H,24,25);1H. The van der Waals surface area contributed by atoms with Crippen molar-refractivity contribution in [3.05, 3.63) is 23.3 Å². The van der Waals surface area contributed by atoms with E-state index in [1.807, 2.05) is 14.0 Å². The number of fused-ring (bicyclic) bond motifs is 1. The monoisotopic (exact) mass is 530 g/mol. The number of aliphatic imine (C=N–C) groups is 1. The van der Waals surface area contributed by atoms with Crippen molar-refractivity contribution in [3.63, 3.8) is 0 Å². The lowest BCUT2D eigenvalue weighted by molar-refractivity contribution is -0.121. The van der Waals surface area contributed by atoms with Crippen LogP contribution >= 0.6 is 24.0 Å². The maximum atomic E-state index is 11.6. The molecule has 0 saturated carbocycles. The molecule has 1 atom stereocenters. The predicted octanol–water partition coefficient (Wildman–Crippen LogP) is 2.95. The van der Waals surface area contributed by atoms with Gasteiger partial charge in [-0.15, -0.1) is 24.0 Å². The second-order valence-electron chi connectivity index (χ2n) is 7.84. The summed E-state index contributed by atoms with van der Waals surface area (Å²) in [6, 6.07) is 4.21. The normalized spacial score (nSPS) is 18.9. The highest BCUT2D eigenvalue weighted by atomic mass is 127. The molecule has 1 aromatic rings. The average molecular weight is 530 g/mol. The highest BCUT2D eigenvalue weighted by Crippen LogP contribution is 2.35. The average Bonchev–Trinajstić information content (AvgIpc) is 3.08. The molecule has 0 aliphatic carbocycles. The minimum atomic E-state index is 0. The summed E-state index contributed by atoms with van der Waals surface area (Å²) < 4.78 is 11.8. The molecular formula is C22H35IN4O3. The zero-order valence-corrected chi connectivity index (χ0v) is 20.8. The first kappa shape index (κ1) is 24.6. The number of piperidine rings is 1. The van der Waals surface area contributed by atoms with Crippen LogP contribution in [0.15, 0.2) is 17.1 Å². The smallest absolute Gasteiger partial charge is 0.220 e. The number of nitrogens with zero attached hydrogens (tertiary/aromatic N) is 2. The summed E-state index contributed by atoms with van der Waals surface area (Å²) in [5, 5.41) is 6.21. The van der Waals surface area contributed by atoms with Gasteiger partial charge in [0.25, 0.3) is 0 Å². The van der Waals surface area contributed by atoms with Gasteiger partial charge in [-0.3, -0.25) is 9.79 Å². The Morgan fingerprint density at radius 2 is 2.07 bits per heavy atom. The zero-order chi connectivity index (χ0) is 20.8. The SMILES string of the molecule is CCOc1cc2c(cc1CNC(=NC)N1CCC(CC(=O)NC)CC1)OC(C)C2.I. The Morgan fingerprint density at radius 3 is 2.70 bits per heavy atom. The molecule has 1 amide bonds. The quantitative estimate of drug-likeness (QED) is 0.336. The van der Waals surface area contributed by atoms with Crippen LogP contribution in [0, 0.1) is 5.92 Å². The van der Waals surface area contributed by atoms with Crippen molar-refractivity contribution in [1.29, 1.82) is 0 Å². The van der Waals surface area contributed by atoms with Crippen LogP contribution in [0.25, 0.3) is 0 Å². The second kappa shape index (κ2) is 11.6. The van der Waals surface area contributed by atoms with Crippen LogP contribution in [0.4, 0.5) is 0 Å². The molecule has 30 heavy (non-hydrogen) atoms. The van der Waals surface area contributed by atoms with Crippen LogP contribution in [0.5, 0.6) is 11.5 Å². The number of hydrogen-bond acceptors (Lipinski definition) is 4. The Morgan fingerprint density at radius 1 is 1.33 bits per heavy atom. The molecule has 2 heterocycles. The Balaban J connectivity index is 0.00000320. The van der Waals surface area contributed by atoms with E-state index in [1.165, 1.54) is 5.56 Å². The molecule has 1 unspecified atom stereocenters. The number of likely N-dealkylation sites (tertiary alicyclic amines) is 1. The summed E-state index contributed by atoms with van der Waals surface area (Å²) in [7, 11) is 3.51. The molecule has 0 aromatic heterocycles. The lowest BCUT2D eigenvalue weighted by Gasteiger charge is -2.34. The third-order valence-corrected chi connectivity index (χ3v) is 5.69. The molecule has 1 saturated heterocycles. The zero-order valence-electron chi connectivity index (χ0n) is 18.5. The van der Waals surface area contributed by atoms with E-state index in [1.54, 1.807) is 7.05 Å². The first-order valence-corrected chi connectivity index (χ1v) is 10.6. The van der Waals surface area contributed by atoms with Crippen molar-refractivity contribution in [2.45, 2.75) is 52.2 Å². The van der Waals surface area contributed by atoms with Crippen molar-refractivity contribution in [3.8, 4) is 11.5 Å². The molecule has 0 bridgehead atoms. The Kier molecular flexibility index (Phi) is 9.51. The van der Waals surface area contributed by atoms with E-state index in [-0.39, 0.29) is 36.0 Å². The number of ether oxygens (including phenoxy) is 2.